The van der Waals surface area contributed by atoms with Gasteiger partial charge in [0.1, 0.15) is 0 Å². The van der Waals surface area contributed by atoms with E-state index in [1.54, 1.807) is 5.32 Å². The van der Waals surface area contributed by atoms with Crippen LogP contribution in [0.3, 0.4) is 0 Å². The minimum Gasteiger partial charge on any atom is -0.465 e. The molecule has 0 spiro atoms. The number of imide groups is 1. The van der Waals surface area contributed by atoms with E-state index in [0.717, 1.165) is 0 Å². The van der Waals surface area contributed by atoms with Crippen LogP contribution in [-0.2, 0) is 4.79 Å². The van der Waals surface area contributed by atoms with Gasteiger partial charge in [-0.1, -0.05) is 0 Å². The Morgan fingerprint density at radius 1 is 1.67 bits per heavy atom. The van der Waals surface area contributed by atoms with Crippen molar-refractivity contribution in [2.45, 2.75) is 13.0 Å². The molecule has 0 aliphatic heterocycles. The zero-order valence-corrected chi connectivity index (χ0v) is 4.92. The van der Waals surface area contributed by atoms with Crippen molar-refractivity contribution in [3.8, 4) is 0 Å². The maximum Gasteiger partial charge on any atom is 0.411 e. The highest BCUT2D eigenvalue weighted by atomic mass is 16.4. The Labute approximate surface area is 51.8 Å². The molecule has 0 aliphatic carbocycles. The van der Waals surface area contributed by atoms with E-state index in [0.29, 0.717) is 0 Å². The first-order valence-corrected chi connectivity index (χ1v) is 2.33. The van der Waals surface area contributed by atoms with Gasteiger partial charge in [0.05, 0.1) is 6.04 Å². The van der Waals surface area contributed by atoms with Crippen LogP contribution in [0.1, 0.15) is 6.92 Å². The van der Waals surface area contributed by atoms with Gasteiger partial charge in [-0.15, -0.1) is 0 Å². The quantitative estimate of drug-likeness (QED) is 0.432. The molecule has 0 aromatic heterocycles. The topological polar surface area (TPSA) is 92.4 Å². The fourth-order valence-corrected chi connectivity index (χ4v) is 0.219. The molecular weight excluding hydrogens is 124 g/mol. The molecule has 0 bridgehead atoms. The molecule has 4 N–H and O–H groups in total. The minimum absolute atomic E-state index is 0.692. The van der Waals surface area contributed by atoms with Crippen molar-refractivity contribution in [1.82, 2.24) is 5.32 Å². The van der Waals surface area contributed by atoms with Gasteiger partial charge in [-0.05, 0) is 6.92 Å². The molecule has 0 rings (SSSR count). The van der Waals surface area contributed by atoms with Gasteiger partial charge in [0, 0.05) is 0 Å². The van der Waals surface area contributed by atoms with Crippen LogP contribution in [0.5, 0.6) is 0 Å². The van der Waals surface area contributed by atoms with Crippen molar-refractivity contribution in [1.29, 1.82) is 0 Å². The summed E-state index contributed by atoms with van der Waals surface area (Å²) in [6, 6.07) is -0.777. The Bertz CT molecular complexity index is 132. The summed E-state index contributed by atoms with van der Waals surface area (Å²) in [5, 5.41) is 9.54. The highest BCUT2D eigenvalue weighted by Crippen LogP contribution is 1.73. The Hall–Kier alpha value is -1.10. The van der Waals surface area contributed by atoms with E-state index >= 15 is 0 Å². The maximum atomic E-state index is 10.3. The van der Waals surface area contributed by atoms with Gasteiger partial charge in [-0.25, -0.2) is 4.79 Å². The molecule has 0 fully saturated rings. The maximum absolute atomic E-state index is 10.3. The fraction of sp³-hybridized carbons (Fsp3) is 0.500. The van der Waals surface area contributed by atoms with Crippen molar-refractivity contribution in [3.63, 3.8) is 0 Å². The molecule has 2 amide bonds. The SMILES string of the molecule is CC(N)C(=O)NC(=O)O. The molecule has 9 heavy (non-hydrogen) atoms. The summed E-state index contributed by atoms with van der Waals surface area (Å²) in [7, 11) is 0. The lowest BCUT2D eigenvalue weighted by Crippen LogP contribution is -2.40. The van der Waals surface area contributed by atoms with E-state index in [1.807, 2.05) is 0 Å². The second kappa shape index (κ2) is 3.03. The van der Waals surface area contributed by atoms with E-state index in [4.69, 9.17) is 10.8 Å². The number of amides is 2. The van der Waals surface area contributed by atoms with Crippen molar-refractivity contribution in [2.24, 2.45) is 5.73 Å². The number of rotatable bonds is 1. The second-order valence-electron chi connectivity index (χ2n) is 1.58. The molecule has 0 aliphatic rings. The molecule has 0 aromatic rings. The summed E-state index contributed by atoms with van der Waals surface area (Å²) >= 11 is 0. The van der Waals surface area contributed by atoms with Crippen LogP contribution < -0.4 is 11.1 Å². The molecule has 0 aromatic carbocycles. The normalized spacial score (nSPS) is 12.2. The molecule has 5 nitrogen and oxygen atoms in total. The molecule has 0 heterocycles. The molecule has 5 heteroatoms. The Morgan fingerprint density at radius 3 is 2.22 bits per heavy atom. The molecule has 1 atom stereocenters. The van der Waals surface area contributed by atoms with Crippen molar-refractivity contribution < 1.29 is 14.7 Å². The van der Waals surface area contributed by atoms with Crippen molar-refractivity contribution in [3.05, 3.63) is 0 Å². The van der Waals surface area contributed by atoms with Crippen molar-refractivity contribution >= 4 is 12.0 Å². The van der Waals surface area contributed by atoms with Crippen LogP contribution in [0.15, 0.2) is 0 Å². The first kappa shape index (κ1) is 7.90. The Morgan fingerprint density at radius 2 is 2.11 bits per heavy atom. The van der Waals surface area contributed by atoms with Gasteiger partial charge in [-0.2, -0.15) is 0 Å². The summed E-state index contributed by atoms with van der Waals surface area (Å²) in [5.41, 5.74) is 5.01. The third-order valence-electron chi connectivity index (χ3n) is 0.644. The molecule has 0 saturated heterocycles. The van der Waals surface area contributed by atoms with Gasteiger partial charge in [-0.3, -0.25) is 10.1 Å². The van der Waals surface area contributed by atoms with E-state index in [2.05, 4.69) is 0 Å². The lowest BCUT2D eigenvalue weighted by molar-refractivity contribution is -0.121. The van der Waals surface area contributed by atoms with Crippen LogP contribution >= 0.6 is 0 Å². The summed E-state index contributed by atoms with van der Waals surface area (Å²) in [6.45, 7) is 1.40. The molecule has 0 saturated carbocycles. The standard InChI is InChI=1S/C4H8N2O3/c1-2(5)3(7)6-4(8)9/h2H,5H2,1H3,(H,6,7)(H,8,9). The van der Waals surface area contributed by atoms with Crippen LogP contribution in [0.2, 0.25) is 0 Å². The number of carboxylic acid groups (broad SMARTS) is 1. The summed E-state index contributed by atoms with van der Waals surface area (Å²) < 4.78 is 0. The highest BCUT2D eigenvalue weighted by Gasteiger charge is 2.08. The molecule has 0 radical (unpaired) electrons. The van der Waals surface area contributed by atoms with Gasteiger partial charge < -0.3 is 10.8 Å². The number of hydrogen-bond acceptors (Lipinski definition) is 3. The lowest BCUT2D eigenvalue weighted by atomic mass is 10.3. The lowest BCUT2D eigenvalue weighted by Gasteiger charge is -2.00. The number of carbonyl (C=O) groups is 2. The third kappa shape index (κ3) is 3.48. The molecule has 52 valence electrons. The van der Waals surface area contributed by atoms with Gasteiger partial charge in [0.2, 0.25) is 5.91 Å². The molecule has 1 unspecified atom stereocenters. The first-order valence-electron chi connectivity index (χ1n) is 2.33. The number of carbonyl (C=O) groups excluding carboxylic acids is 1. The average molecular weight is 132 g/mol. The monoisotopic (exact) mass is 132 g/mol. The minimum atomic E-state index is -1.38. The smallest absolute Gasteiger partial charge is 0.411 e. The van der Waals surface area contributed by atoms with Gasteiger partial charge in [0.25, 0.3) is 0 Å². The summed E-state index contributed by atoms with van der Waals surface area (Å²) in [5.74, 6) is -0.692. The fourth-order valence-electron chi connectivity index (χ4n) is 0.219. The number of nitrogens with one attached hydrogen (secondary N) is 1. The van der Waals surface area contributed by atoms with E-state index in [1.165, 1.54) is 6.92 Å². The van der Waals surface area contributed by atoms with Gasteiger partial charge >= 0.3 is 6.09 Å². The predicted octanol–water partition coefficient (Wildman–Crippen LogP) is -0.872. The van der Waals surface area contributed by atoms with Crippen molar-refractivity contribution in [2.75, 3.05) is 0 Å². The Kier molecular flexibility index (Phi) is 2.66. The molecular formula is C4H8N2O3. The number of nitrogens with two attached hydrogens (primary N) is 1. The zero-order valence-electron chi connectivity index (χ0n) is 4.92. The third-order valence-corrected chi connectivity index (χ3v) is 0.644. The largest absolute Gasteiger partial charge is 0.465 e. The summed E-state index contributed by atoms with van der Waals surface area (Å²) in [4.78, 5) is 20.1. The van der Waals surface area contributed by atoms with Crippen LogP contribution in [0, 0.1) is 0 Å². The van der Waals surface area contributed by atoms with E-state index in [9.17, 15) is 9.59 Å². The average Bonchev–Trinajstić information content (AvgIpc) is 1.63. The van der Waals surface area contributed by atoms with Crippen LogP contribution in [-0.4, -0.2) is 23.1 Å². The Balaban J connectivity index is 3.64. The predicted molar refractivity (Wildman–Crippen MR) is 29.8 cm³/mol. The van der Waals surface area contributed by atoms with E-state index < -0.39 is 18.0 Å². The summed E-state index contributed by atoms with van der Waals surface area (Å²) in [6.07, 6.45) is -1.38. The van der Waals surface area contributed by atoms with Crippen LogP contribution in [0.25, 0.3) is 0 Å². The number of hydrogen-bond donors (Lipinski definition) is 3. The van der Waals surface area contributed by atoms with Crippen LogP contribution in [0.4, 0.5) is 4.79 Å². The van der Waals surface area contributed by atoms with E-state index in [-0.39, 0.29) is 0 Å². The first-order chi connectivity index (χ1) is 4.04. The second-order valence-corrected chi connectivity index (χ2v) is 1.58. The highest BCUT2D eigenvalue weighted by molar-refractivity contribution is 5.93. The van der Waals surface area contributed by atoms with Gasteiger partial charge in [0.15, 0.2) is 0 Å². The zero-order chi connectivity index (χ0) is 7.44.